The first kappa shape index (κ1) is 16.6. The SMILES string of the molecule is Cc1cc(C(=O)NCC(Br)CC(C)C)cc([N+](=O)[O-])c1. The number of non-ortho nitro benzene ring substituents is 1. The Labute approximate surface area is 127 Å². The largest absolute Gasteiger partial charge is 0.351 e. The Morgan fingerprint density at radius 3 is 2.60 bits per heavy atom. The summed E-state index contributed by atoms with van der Waals surface area (Å²) in [5.74, 6) is 0.251. The first-order valence-corrected chi connectivity index (χ1v) is 7.39. The fourth-order valence-corrected chi connectivity index (χ4v) is 2.81. The zero-order valence-corrected chi connectivity index (χ0v) is 13.4. The molecule has 0 fully saturated rings. The lowest BCUT2D eigenvalue weighted by Crippen LogP contribution is -2.30. The van der Waals surface area contributed by atoms with E-state index in [1.54, 1.807) is 13.0 Å². The van der Waals surface area contributed by atoms with Crippen LogP contribution in [-0.4, -0.2) is 22.2 Å². The van der Waals surface area contributed by atoms with Crippen molar-refractivity contribution >= 4 is 27.5 Å². The van der Waals surface area contributed by atoms with E-state index in [2.05, 4.69) is 35.1 Å². The third-order valence-electron chi connectivity index (χ3n) is 2.75. The van der Waals surface area contributed by atoms with Gasteiger partial charge >= 0.3 is 0 Å². The molecule has 0 aliphatic carbocycles. The second-order valence-electron chi connectivity index (χ2n) is 5.25. The fourth-order valence-electron chi connectivity index (χ4n) is 1.90. The summed E-state index contributed by atoms with van der Waals surface area (Å²) in [6.07, 6.45) is 0.953. The predicted molar refractivity (Wildman–Crippen MR) is 82.3 cm³/mol. The average molecular weight is 343 g/mol. The molecule has 6 heteroatoms. The van der Waals surface area contributed by atoms with Crippen molar-refractivity contribution < 1.29 is 9.72 Å². The Bertz CT molecular complexity index is 503. The van der Waals surface area contributed by atoms with Gasteiger partial charge in [-0.15, -0.1) is 0 Å². The van der Waals surface area contributed by atoms with Crippen LogP contribution in [-0.2, 0) is 0 Å². The van der Waals surface area contributed by atoms with Crippen molar-refractivity contribution in [1.29, 1.82) is 0 Å². The number of hydrogen-bond donors (Lipinski definition) is 1. The van der Waals surface area contributed by atoms with Crippen LogP contribution < -0.4 is 5.32 Å². The van der Waals surface area contributed by atoms with Gasteiger partial charge in [-0.3, -0.25) is 14.9 Å². The van der Waals surface area contributed by atoms with Crippen molar-refractivity contribution in [3.05, 3.63) is 39.4 Å². The topological polar surface area (TPSA) is 72.2 Å². The summed E-state index contributed by atoms with van der Waals surface area (Å²) in [6, 6.07) is 4.39. The molecule has 0 saturated carbocycles. The fraction of sp³-hybridized carbons (Fsp3) is 0.500. The number of nitro groups is 1. The minimum Gasteiger partial charge on any atom is -0.351 e. The zero-order chi connectivity index (χ0) is 15.3. The molecule has 0 heterocycles. The van der Waals surface area contributed by atoms with Crippen molar-refractivity contribution in [2.24, 2.45) is 5.92 Å². The van der Waals surface area contributed by atoms with Gasteiger partial charge in [0.2, 0.25) is 0 Å². The number of benzene rings is 1. The zero-order valence-electron chi connectivity index (χ0n) is 11.9. The molecule has 1 N–H and O–H groups in total. The highest BCUT2D eigenvalue weighted by Gasteiger charge is 2.14. The summed E-state index contributed by atoms with van der Waals surface area (Å²) >= 11 is 3.51. The number of hydrogen-bond acceptors (Lipinski definition) is 3. The summed E-state index contributed by atoms with van der Waals surface area (Å²) in [4.78, 5) is 22.5. The molecule has 0 aliphatic rings. The summed E-state index contributed by atoms with van der Waals surface area (Å²) in [7, 11) is 0. The van der Waals surface area contributed by atoms with Crippen molar-refractivity contribution in [3.63, 3.8) is 0 Å². The number of nitro benzene ring substituents is 1. The van der Waals surface area contributed by atoms with E-state index in [0.29, 0.717) is 23.6 Å². The Morgan fingerprint density at radius 1 is 1.40 bits per heavy atom. The number of nitrogens with one attached hydrogen (secondary N) is 1. The van der Waals surface area contributed by atoms with E-state index in [1.807, 2.05) is 0 Å². The molecule has 0 aromatic heterocycles. The number of carbonyl (C=O) groups excluding carboxylic acids is 1. The predicted octanol–water partition coefficient (Wildman–Crippen LogP) is 3.44. The minimum atomic E-state index is -0.490. The van der Waals surface area contributed by atoms with E-state index in [1.165, 1.54) is 12.1 Å². The van der Waals surface area contributed by atoms with Gasteiger partial charge < -0.3 is 5.32 Å². The van der Waals surface area contributed by atoms with Crippen LogP contribution in [0.4, 0.5) is 5.69 Å². The highest BCUT2D eigenvalue weighted by atomic mass is 79.9. The highest BCUT2D eigenvalue weighted by Crippen LogP contribution is 2.17. The molecule has 1 atom stereocenters. The van der Waals surface area contributed by atoms with Crippen molar-refractivity contribution in [2.75, 3.05) is 6.54 Å². The summed E-state index contributed by atoms with van der Waals surface area (Å²) in [5, 5.41) is 13.6. The van der Waals surface area contributed by atoms with Gasteiger partial charge in [0.1, 0.15) is 0 Å². The summed E-state index contributed by atoms with van der Waals surface area (Å²) in [6.45, 7) is 6.45. The lowest BCUT2D eigenvalue weighted by molar-refractivity contribution is -0.384. The maximum absolute atomic E-state index is 12.0. The Balaban J connectivity index is 2.70. The minimum absolute atomic E-state index is 0.0623. The van der Waals surface area contributed by atoms with Gasteiger partial charge in [0.25, 0.3) is 11.6 Å². The number of nitrogens with zero attached hydrogens (tertiary/aromatic N) is 1. The quantitative estimate of drug-likeness (QED) is 0.489. The molecule has 1 aromatic carbocycles. The summed E-state index contributed by atoms with van der Waals surface area (Å²) < 4.78 is 0. The lowest BCUT2D eigenvalue weighted by atomic mass is 10.1. The standard InChI is InChI=1S/C14H19BrN2O3/c1-9(2)4-12(15)8-16-14(18)11-5-10(3)6-13(7-11)17(19)20/h5-7,9,12H,4,8H2,1-3H3,(H,16,18). The van der Waals surface area contributed by atoms with Crippen LogP contribution >= 0.6 is 15.9 Å². The maximum Gasteiger partial charge on any atom is 0.270 e. The molecule has 0 bridgehead atoms. The Morgan fingerprint density at radius 2 is 2.05 bits per heavy atom. The highest BCUT2D eigenvalue weighted by molar-refractivity contribution is 9.09. The monoisotopic (exact) mass is 342 g/mol. The van der Waals surface area contributed by atoms with Gasteiger partial charge in [-0.2, -0.15) is 0 Å². The molecule has 1 rings (SSSR count). The van der Waals surface area contributed by atoms with E-state index >= 15 is 0 Å². The van der Waals surface area contributed by atoms with Crippen molar-refractivity contribution in [1.82, 2.24) is 5.32 Å². The third kappa shape index (κ3) is 5.28. The van der Waals surface area contributed by atoms with Gasteiger partial charge in [-0.05, 0) is 30.9 Å². The smallest absolute Gasteiger partial charge is 0.270 e. The van der Waals surface area contributed by atoms with Gasteiger partial charge in [0, 0.05) is 29.1 Å². The van der Waals surface area contributed by atoms with Gasteiger partial charge in [0.05, 0.1) is 4.92 Å². The van der Waals surface area contributed by atoms with E-state index in [9.17, 15) is 14.9 Å². The molecule has 1 unspecified atom stereocenters. The van der Waals surface area contributed by atoms with Gasteiger partial charge in [-0.1, -0.05) is 29.8 Å². The van der Waals surface area contributed by atoms with E-state index < -0.39 is 4.92 Å². The van der Waals surface area contributed by atoms with Crippen LogP contribution in [0.15, 0.2) is 18.2 Å². The molecule has 0 spiro atoms. The number of aryl methyl sites for hydroxylation is 1. The molecule has 5 nitrogen and oxygen atoms in total. The number of amides is 1. The second kappa shape index (κ2) is 7.38. The number of rotatable bonds is 6. The van der Waals surface area contributed by atoms with Crippen LogP contribution in [0.1, 0.15) is 36.2 Å². The second-order valence-corrected chi connectivity index (χ2v) is 6.55. The van der Waals surface area contributed by atoms with Gasteiger partial charge in [-0.25, -0.2) is 0 Å². The number of alkyl halides is 1. The van der Waals surface area contributed by atoms with Crippen LogP contribution in [0.5, 0.6) is 0 Å². The normalized spacial score (nSPS) is 12.2. The lowest BCUT2D eigenvalue weighted by Gasteiger charge is -2.13. The molecule has 1 amide bonds. The van der Waals surface area contributed by atoms with Crippen molar-refractivity contribution in [3.8, 4) is 0 Å². The van der Waals surface area contributed by atoms with Gasteiger partial charge in [0.15, 0.2) is 0 Å². The third-order valence-corrected chi connectivity index (χ3v) is 3.44. The molecule has 0 saturated heterocycles. The number of halogens is 1. The molecule has 0 radical (unpaired) electrons. The first-order valence-electron chi connectivity index (χ1n) is 6.48. The average Bonchev–Trinajstić information content (AvgIpc) is 2.34. The van der Waals surface area contributed by atoms with Crippen LogP contribution in [0.2, 0.25) is 0 Å². The molecular formula is C14H19BrN2O3. The molecule has 110 valence electrons. The molecule has 0 aliphatic heterocycles. The van der Waals surface area contributed by atoms with E-state index in [-0.39, 0.29) is 16.4 Å². The van der Waals surface area contributed by atoms with Crippen LogP contribution in [0.25, 0.3) is 0 Å². The van der Waals surface area contributed by atoms with Crippen LogP contribution in [0.3, 0.4) is 0 Å². The van der Waals surface area contributed by atoms with E-state index in [0.717, 1.165) is 6.42 Å². The molecule has 1 aromatic rings. The summed E-state index contributed by atoms with van der Waals surface area (Å²) in [5.41, 5.74) is 0.954. The van der Waals surface area contributed by atoms with E-state index in [4.69, 9.17) is 0 Å². The molecular weight excluding hydrogens is 324 g/mol. The van der Waals surface area contributed by atoms with Crippen LogP contribution in [0, 0.1) is 23.0 Å². The maximum atomic E-state index is 12.0. The van der Waals surface area contributed by atoms with Crippen molar-refractivity contribution in [2.45, 2.75) is 32.0 Å². The Kier molecular flexibility index (Phi) is 6.13. The Hall–Kier alpha value is -1.43. The number of carbonyl (C=O) groups is 1. The molecule has 20 heavy (non-hydrogen) atoms. The first-order chi connectivity index (χ1) is 9.29.